The lowest BCUT2D eigenvalue weighted by Gasteiger charge is -2.24. The minimum atomic E-state index is -1.02. The second-order valence-electron chi connectivity index (χ2n) is 3.32. The summed E-state index contributed by atoms with van der Waals surface area (Å²) >= 11 is 0. The van der Waals surface area contributed by atoms with Crippen LogP contribution in [0.3, 0.4) is 0 Å². The molecule has 0 bridgehead atoms. The summed E-state index contributed by atoms with van der Waals surface area (Å²) in [7, 11) is 1.99. The SMILES string of the molecule is CN1CCCC(O)C(F)CC1. The van der Waals surface area contributed by atoms with Crippen LogP contribution in [0.25, 0.3) is 0 Å². The van der Waals surface area contributed by atoms with E-state index in [2.05, 4.69) is 4.90 Å². The fourth-order valence-electron chi connectivity index (χ4n) is 1.40. The Kier molecular flexibility index (Phi) is 3.27. The highest BCUT2D eigenvalue weighted by atomic mass is 19.1. The maximum atomic E-state index is 12.9. The van der Waals surface area contributed by atoms with Gasteiger partial charge in [-0.3, -0.25) is 0 Å². The van der Waals surface area contributed by atoms with Gasteiger partial charge in [-0.1, -0.05) is 0 Å². The predicted molar refractivity (Wildman–Crippen MR) is 42.3 cm³/mol. The van der Waals surface area contributed by atoms with Crippen molar-refractivity contribution in [1.82, 2.24) is 4.90 Å². The summed E-state index contributed by atoms with van der Waals surface area (Å²) in [6.45, 7) is 1.74. The van der Waals surface area contributed by atoms with Crippen molar-refractivity contribution in [3.8, 4) is 0 Å². The van der Waals surface area contributed by atoms with Gasteiger partial charge >= 0.3 is 0 Å². The Morgan fingerprint density at radius 2 is 2.09 bits per heavy atom. The van der Waals surface area contributed by atoms with E-state index >= 15 is 0 Å². The zero-order valence-corrected chi connectivity index (χ0v) is 6.96. The molecular weight excluding hydrogens is 145 g/mol. The molecule has 3 heteroatoms. The van der Waals surface area contributed by atoms with Gasteiger partial charge in [-0.25, -0.2) is 4.39 Å². The predicted octanol–water partition coefficient (Wildman–Crippen LogP) is 0.801. The summed E-state index contributed by atoms with van der Waals surface area (Å²) in [4.78, 5) is 2.11. The van der Waals surface area contributed by atoms with Gasteiger partial charge in [-0.05, 0) is 32.9 Å². The lowest BCUT2D eigenvalue weighted by Crippen LogP contribution is -2.32. The fourth-order valence-corrected chi connectivity index (χ4v) is 1.40. The first kappa shape index (κ1) is 8.94. The van der Waals surface area contributed by atoms with Crippen molar-refractivity contribution >= 4 is 0 Å². The molecule has 1 N–H and O–H groups in total. The van der Waals surface area contributed by atoms with Crippen molar-refractivity contribution in [3.05, 3.63) is 0 Å². The van der Waals surface area contributed by atoms with Crippen LogP contribution in [0.15, 0.2) is 0 Å². The largest absolute Gasteiger partial charge is 0.390 e. The minimum Gasteiger partial charge on any atom is -0.390 e. The second kappa shape index (κ2) is 4.02. The molecule has 1 saturated heterocycles. The molecule has 11 heavy (non-hydrogen) atoms. The Hall–Kier alpha value is -0.150. The average molecular weight is 161 g/mol. The number of halogens is 1. The summed E-state index contributed by atoms with van der Waals surface area (Å²) in [5.74, 6) is 0. The summed E-state index contributed by atoms with van der Waals surface area (Å²) in [6.07, 6.45) is 0.239. The molecule has 0 amide bonds. The van der Waals surface area contributed by atoms with E-state index in [0.717, 1.165) is 19.5 Å². The molecule has 66 valence electrons. The minimum absolute atomic E-state index is 0.470. The van der Waals surface area contributed by atoms with Gasteiger partial charge in [0.15, 0.2) is 0 Å². The second-order valence-corrected chi connectivity index (χ2v) is 3.32. The Morgan fingerprint density at radius 1 is 1.36 bits per heavy atom. The molecule has 2 atom stereocenters. The number of alkyl halides is 1. The summed E-state index contributed by atoms with van der Waals surface area (Å²) in [5.41, 5.74) is 0. The van der Waals surface area contributed by atoms with E-state index in [9.17, 15) is 9.50 Å². The van der Waals surface area contributed by atoms with Gasteiger partial charge in [0.05, 0.1) is 6.10 Å². The molecule has 2 unspecified atom stereocenters. The topological polar surface area (TPSA) is 23.5 Å². The first-order valence-electron chi connectivity index (χ1n) is 4.21. The summed E-state index contributed by atoms with van der Waals surface area (Å²) in [6, 6.07) is 0. The van der Waals surface area contributed by atoms with Gasteiger partial charge in [0.25, 0.3) is 0 Å². The number of hydrogen-bond acceptors (Lipinski definition) is 2. The van der Waals surface area contributed by atoms with E-state index in [1.54, 1.807) is 0 Å². The molecular formula is C8H16FNO. The third kappa shape index (κ3) is 2.75. The van der Waals surface area contributed by atoms with Crippen molar-refractivity contribution in [3.63, 3.8) is 0 Å². The van der Waals surface area contributed by atoms with E-state index in [-0.39, 0.29) is 0 Å². The molecule has 0 saturated carbocycles. The number of rotatable bonds is 0. The maximum absolute atomic E-state index is 12.9. The molecule has 0 spiro atoms. The van der Waals surface area contributed by atoms with Crippen LogP contribution in [0.5, 0.6) is 0 Å². The van der Waals surface area contributed by atoms with Gasteiger partial charge in [-0.2, -0.15) is 0 Å². The molecule has 0 aliphatic carbocycles. The molecule has 0 radical (unpaired) electrons. The van der Waals surface area contributed by atoms with Crippen molar-refractivity contribution in [2.24, 2.45) is 0 Å². The van der Waals surface area contributed by atoms with E-state index in [0.29, 0.717) is 12.8 Å². The molecule has 0 aromatic carbocycles. The van der Waals surface area contributed by atoms with Crippen LogP contribution in [0, 0.1) is 0 Å². The third-order valence-electron chi connectivity index (χ3n) is 2.24. The Labute approximate surface area is 67.0 Å². The van der Waals surface area contributed by atoms with Crippen LogP contribution < -0.4 is 0 Å². The quantitative estimate of drug-likeness (QED) is 0.568. The van der Waals surface area contributed by atoms with Crippen molar-refractivity contribution in [1.29, 1.82) is 0 Å². The fraction of sp³-hybridized carbons (Fsp3) is 1.00. The number of aliphatic hydroxyl groups excluding tert-OH is 1. The van der Waals surface area contributed by atoms with Gasteiger partial charge in [-0.15, -0.1) is 0 Å². The highest BCUT2D eigenvalue weighted by Crippen LogP contribution is 2.13. The van der Waals surface area contributed by atoms with Crippen LogP contribution in [-0.4, -0.2) is 42.4 Å². The smallest absolute Gasteiger partial charge is 0.127 e. The van der Waals surface area contributed by atoms with Gasteiger partial charge in [0.2, 0.25) is 0 Å². The third-order valence-corrected chi connectivity index (χ3v) is 2.24. The molecule has 1 heterocycles. The van der Waals surface area contributed by atoms with Crippen LogP contribution in [0.2, 0.25) is 0 Å². The first-order chi connectivity index (χ1) is 5.20. The number of aliphatic hydroxyl groups is 1. The summed E-state index contributed by atoms with van der Waals surface area (Å²) in [5, 5.41) is 9.18. The number of hydrogen-bond donors (Lipinski definition) is 1. The molecule has 1 aliphatic heterocycles. The molecule has 0 aromatic rings. The van der Waals surface area contributed by atoms with Crippen molar-refractivity contribution < 1.29 is 9.50 Å². The normalized spacial score (nSPS) is 36.3. The lowest BCUT2D eigenvalue weighted by molar-refractivity contribution is 0.0469. The number of nitrogens with zero attached hydrogens (tertiary/aromatic N) is 1. The maximum Gasteiger partial charge on any atom is 0.127 e. The van der Waals surface area contributed by atoms with E-state index in [1.165, 1.54) is 0 Å². The highest BCUT2D eigenvalue weighted by Gasteiger charge is 2.20. The molecule has 0 aromatic heterocycles. The monoisotopic (exact) mass is 161 g/mol. The van der Waals surface area contributed by atoms with Crippen molar-refractivity contribution in [2.45, 2.75) is 31.5 Å². The van der Waals surface area contributed by atoms with Crippen LogP contribution in [-0.2, 0) is 0 Å². The molecule has 2 nitrogen and oxygen atoms in total. The van der Waals surface area contributed by atoms with E-state index in [4.69, 9.17) is 0 Å². The molecule has 1 aliphatic rings. The van der Waals surface area contributed by atoms with E-state index in [1.807, 2.05) is 7.05 Å². The Balaban J connectivity index is 2.34. The Morgan fingerprint density at radius 3 is 2.82 bits per heavy atom. The molecule has 1 fully saturated rings. The lowest BCUT2D eigenvalue weighted by atomic mass is 10.0. The van der Waals surface area contributed by atoms with Gasteiger partial charge in [0, 0.05) is 6.54 Å². The van der Waals surface area contributed by atoms with Gasteiger partial charge < -0.3 is 10.0 Å². The van der Waals surface area contributed by atoms with Crippen LogP contribution in [0.4, 0.5) is 4.39 Å². The van der Waals surface area contributed by atoms with Crippen LogP contribution >= 0.6 is 0 Å². The average Bonchev–Trinajstić information content (AvgIpc) is 1.98. The zero-order valence-electron chi connectivity index (χ0n) is 6.96. The van der Waals surface area contributed by atoms with E-state index < -0.39 is 12.3 Å². The zero-order chi connectivity index (χ0) is 8.27. The molecule has 1 rings (SSSR count). The van der Waals surface area contributed by atoms with Crippen LogP contribution in [0.1, 0.15) is 19.3 Å². The summed E-state index contributed by atoms with van der Waals surface area (Å²) < 4.78 is 12.9. The van der Waals surface area contributed by atoms with Crippen molar-refractivity contribution in [2.75, 3.05) is 20.1 Å². The Bertz CT molecular complexity index is 121. The highest BCUT2D eigenvalue weighted by molar-refractivity contribution is 4.72. The first-order valence-corrected chi connectivity index (χ1v) is 4.21. The standard InChI is InChI=1S/C8H16FNO/c1-10-5-2-3-8(11)7(9)4-6-10/h7-8,11H,2-6H2,1H3. The number of likely N-dealkylation sites (tertiary alicyclic amines) is 1. The van der Waals surface area contributed by atoms with Gasteiger partial charge in [0.1, 0.15) is 6.17 Å².